The SMILES string of the molecule is COC(CN)C(=O)NC(C)c1ccc2c(c1)CCCC2.Cl. The van der Waals surface area contributed by atoms with E-state index in [4.69, 9.17) is 10.5 Å². The Labute approximate surface area is 132 Å². The van der Waals surface area contributed by atoms with Gasteiger partial charge in [-0.05, 0) is 49.3 Å². The zero-order chi connectivity index (χ0) is 14.5. The highest BCUT2D eigenvalue weighted by Gasteiger charge is 2.19. The van der Waals surface area contributed by atoms with Gasteiger partial charge in [0.1, 0.15) is 6.10 Å². The summed E-state index contributed by atoms with van der Waals surface area (Å²) in [5.41, 5.74) is 9.53. The van der Waals surface area contributed by atoms with Gasteiger partial charge >= 0.3 is 0 Å². The number of hydrogen-bond donors (Lipinski definition) is 2. The Balaban J connectivity index is 0.00000220. The van der Waals surface area contributed by atoms with E-state index in [2.05, 4.69) is 23.5 Å². The second-order valence-corrected chi connectivity index (χ2v) is 5.43. The predicted molar refractivity (Wildman–Crippen MR) is 86.7 cm³/mol. The van der Waals surface area contributed by atoms with Crippen molar-refractivity contribution < 1.29 is 9.53 Å². The van der Waals surface area contributed by atoms with Crippen LogP contribution in [0.2, 0.25) is 0 Å². The molecule has 0 aliphatic heterocycles. The van der Waals surface area contributed by atoms with E-state index < -0.39 is 6.10 Å². The summed E-state index contributed by atoms with van der Waals surface area (Å²) in [6.45, 7) is 2.19. The smallest absolute Gasteiger partial charge is 0.250 e. The quantitative estimate of drug-likeness (QED) is 0.875. The van der Waals surface area contributed by atoms with Crippen LogP contribution in [0, 0.1) is 0 Å². The number of benzene rings is 1. The Morgan fingerprint density at radius 3 is 2.62 bits per heavy atom. The molecule has 1 aliphatic rings. The van der Waals surface area contributed by atoms with Crippen molar-refractivity contribution in [3.05, 3.63) is 34.9 Å². The first kappa shape index (κ1) is 18.0. The lowest BCUT2D eigenvalue weighted by atomic mass is 9.89. The minimum absolute atomic E-state index is 0. The summed E-state index contributed by atoms with van der Waals surface area (Å²) < 4.78 is 5.05. The fourth-order valence-electron chi connectivity index (χ4n) is 2.72. The van der Waals surface area contributed by atoms with E-state index in [0.29, 0.717) is 0 Å². The minimum atomic E-state index is -0.574. The molecule has 2 atom stereocenters. The Morgan fingerprint density at radius 2 is 2.00 bits per heavy atom. The van der Waals surface area contributed by atoms with Crippen molar-refractivity contribution in [2.75, 3.05) is 13.7 Å². The highest BCUT2D eigenvalue weighted by molar-refractivity contribution is 5.85. The average molecular weight is 313 g/mol. The molecule has 0 spiro atoms. The summed E-state index contributed by atoms with van der Waals surface area (Å²) in [5, 5.41) is 2.96. The highest BCUT2D eigenvalue weighted by Crippen LogP contribution is 2.24. The molecule has 0 heterocycles. The van der Waals surface area contributed by atoms with Crippen molar-refractivity contribution >= 4 is 18.3 Å². The third-order valence-corrected chi connectivity index (χ3v) is 4.02. The molecule has 21 heavy (non-hydrogen) atoms. The highest BCUT2D eigenvalue weighted by atomic mass is 35.5. The molecule has 4 nitrogen and oxygen atoms in total. The van der Waals surface area contributed by atoms with Gasteiger partial charge in [-0.1, -0.05) is 18.2 Å². The first-order valence-corrected chi connectivity index (χ1v) is 7.30. The molecule has 0 bridgehead atoms. The van der Waals surface area contributed by atoms with Crippen molar-refractivity contribution in [3.8, 4) is 0 Å². The Morgan fingerprint density at radius 1 is 1.33 bits per heavy atom. The van der Waals surface area contributed by atoms with Gasteiger partial charge in [-0.15, -0.1) is 12.4 Å². The van der Waals surface area contributed by atoms with Crippen molar-refractivity contribution in [1.82, 2.24) is 5.32 Å². The maximum atomic E-state index is 12.0. The maximum absolute atomic E-state index is 12.0. The zero-order valence-corrected chi connectivity index (χ0v) is 13.5. The number of carbonyl (C=O) groups excluding carboxylic acids is 1. The van der Waals surface area contributed by atoms with Gasteiger partial charge in [-0.2, -0.15) is 0 Å². The lowest BCUT2D eigenvalue weighted by Crippen LogP contribution is -2.41. The number of nitrogens with two attached hydrogens (primary N) is 1. The van der Waals surface area contributed by atoms with Gasteiger partial charge < -0.3 is 15.8 Å². The number of carbonyl (C=O) groups is 1. The molecule has 118 valence electrons. The molecule has 0 saturated carbocycles. The molecule has 1 aliphatic carbocycles. The molecule has 0 radical (unpaired) electrons. The van der Waals surface area contributed by atoms with Crippen LogP contribution in [-0.2, 0) is 22.4 Å². The number of methoxy groups -OCH3 is 1. The number of rotatable bonds is 5. The van der Waals surface area contributed by atoms with Crippen LogP contribution in [0.1, 0.15) is 42.5 Å². The largest absolute Gasteiger partial charge is 0.370 e. The van der Waals surface area contributed by atoms with E-state index in [9.17, 15) is 4.79 Å². The van der Waals surface area contributed by atoms with Crippen molar-refractivity contribution in [1.29, 1.82) is 0 Å². The van der Waals surface area contributed by atoms with Crippen LogP contribution in [0.4, 0.5) is 0 Å². The lowest BCUT2D eigenvalue weighted by Gasteiger charge is -2.21. The summed E-state index contributed by atoms with van der Waals surface area (Å²) in [6, 6.07) is 6.51. The Kier molecular flexibility index (Phi) is 7.15. The van der Waals surface area contributed by atoms with E-state index in [1.807, 2.05) is 6.92 Å². The molecular weight excluding hydrogens is 288 g/mol. The monoisotopic (exact) mass is 312 g/mol. The van der Waals surface area contributed by atoms with Gasteiger partial charge in [-0.25, -0.2) is 0 Å². The first-order chi connectivity index (χ1) is 9.65. The number of ether oxygens (including phenoxy) is 1. The zero-order valence-electron chi connectivity index (χ0n) is 12.7. The third-order valence-electron chi connectivity index (χ3n) is 4.02. The first-order valence-electron chi connectivity index (χ1n) is 7.30. The third kappa shape index (κ3) is 4.43. The number of amides is 1. The lowest BCUT2D eigenvalue weighted by molar-refractivity contribution is -0.131. The van der Waals surface area contributed by atoms with Gasteiger partial charge in [0.25, 0.3) is 5.91 Å². The van der Waals surface area contributed by atoms with Crippen molar-refractivity contribution in [2.24, 2.45) is 5.73 Å². The van der Waals surface area contributed by atoms with E-state index >= 15 is 0 Å². The molecule has 0 saturated heterocycles. The standard InChI is InChI=1S/C16H24N2O2.ClH/c1-11(18-16(19)15(10-17)20-2)13-8-7-12-5-3-4-6-14(12)9-13;/h7-9,11,15H,3-6,10,17H2,1-2H3,(H,18,19);1H. The Bertz CT molecular complexity index is 475. The topological polar surface area (TPSA) is 64.3 Å². The van der Waals surface area contributed by atoms with E-state index in [-0.39, 0.29) is 30.9 Å². The van der Waals surface area contributed by atoms with Crippen molar-refractivity contribution in [3.63, 3.8) is 0 Å². The van der Waals surface area contributed by atoms with Crippen LogP contribution in [-0.4, -0.2) is 25.7 Å². The fraction of sp³-hybridized carbons (Fsp3) is 0.562. The summed E-state index contributed by atoms with van der Waals surface area (Å²) in [6.07, 6.45) is 4.29. The fourth-order valence-corrected chi connectivity index (χ4v) is 2.72. The van der Waals surface area contributed by atoms with E-state index in [1.54, 1.807) is 0 Å². The molecule has 1 aromatic rings. The normalized spacial score (nSPS) is 16.3. The second kappa shape index (κ2) is 8.37. The number of fused-ring (bicyclic) bond motifs is 1. The number of aryl methyl sites for hydroxylation is 2. The predicted octanol–water partition coefficient (Wildman–Crippen LogP) is 2.14. The maximum Gasteiger partial charge on any atom is 0.250 e. The van der Waals surface area contributed by atoms with Crippen LogP contribution >= 0.6 is 12.4 Å². The Hall–Kier alpha value is -1.10. The molecule has 5 heteroatoms. The number of halogens is 1. The van der Waals surface area contributed by atoms with Gasteiger partial charge in [0.2, 0.25) is 0 Å². The van der Waals surface area contributed by atoms with Crippen molar-refractivity contribution in [2.45, 2.75) is 44.8 Å². The molecule has 1 aromatic carbocycles. The van der Waals surface area contributed by atoms with E-state index in [1.165, 1.54) is 37.5 Å². The summed E-state index contributed by atoms with van der Waals surface area (Å²) in [4.78, 5) is 12.0. The summed E-state index contributed by atoms with van der Waals surface area (Å²) in [7, 11) is 1.50. The van der Waals surface area contributed by atoms with Crippen LogP contribution < -0.4 is 11.1 Å². The molecule has 0 aromatic heterocycles. The van der Waals surface area contributed by atoms with Gasteiger partial charge in [0.15, 0.2) is 0 Å². The van der Waals surface area contributed by atoms with Gasteiger partial charge in [0, 0.05) is 13.7 Å². The molecule has 0 fully saturated rings. The molecule has 2 unspecified atom stereocenters. The number of hydrogen-bond acceptors (Lipinski definition) is 3. The molecule has 1 amide bonds. The number of nitrogens with one attached hydrogen (secondary N) is 1. The van der Waals surface area contributed by atoms with Gasteiger partial charge in [-0.3, -0.25) is 4.79 Å². The summed E-state index contributed by atoms with van der Waals surface area (Å²) >= 11 is 0. The van der Waals surface area contributed by atoms with E-state index in [0.717, 1.165) is 12.0 Å². The molecular formula is C16H25ClN2O2. The van der Waals surface area contributed by atoms with Crippen LogP contribution in [0.5, 0.6) is 0 Å². The average Bonchev–Trinajstić information content (AvgIpc) is 2.48. The van der Waals surface area contributed by atoms with Crippen LogP contribution in [0.15, 0.2) is 18.2 Å². The van der Waals surface area contributed by atoms with Crippen LogP contribution in [0.25, 0.3) is 0 Å². The minimum Gasteiger partial charge on any atom is -0.370 e. The summed E-state index contributed by atoms with van der Waals surface area (Å²) in [5.74, 6) is -0.153. The van der Waals surface area contributed by atoms with Gasteiger partial charge in [0.05, 0.1) is 6.04 Å². The molecule has 3 N–H and O–H groups in total. The second-order valence-electron chi connectivity index (χ2n) is 5.43. The molecule has 2 rings (SSSR count). The van der Waals surface area contributed by atoms with Crippen LogP contribution in [0.3, 0.4) is 0 Å².